The van der Waals surface area contributed by atoms with Gasteiger partial charge in [-0.1, -0.05) is 26.0 Å². The van der Waals surface area contributed by atoms with Crippen molar-refractivity contribution in [2.75, 3.05) is 13.2 Å². The van der Waals surface area contributed by atoms with Crippen molar-refractivity contribution in [3.63, 3.8) is 0 Å². The lowest BCUT2D eigenvalue weighted by atomic mass is 10.1. The molecule has 0 fully saturated rings. The summed E-state index contributed by atoms with van der Waals surface area (Å²) in [4.78, 5) is 0. The Morgan fingerprint density at radius 2 is 2.00 bits per heavy atom. The van der Waals surface area contributed by atoms with Crippen LogP contribution in [-0.4, -0.2) is 35.5 Å². The zero-order chi connectivity index (χ0) is 15.0. The number of rotatable bonds is 8. The van der Waals surface area contributed by atoms with E-state index in [2.05, 4.69) is 5.32 Å². The Balaban J connectivity index is 2.38. The molecule has 0 amide bonds. The largest absolute Gasteiger partial charge is 0.514 e. The fourth-order valence-electron chi connectivity index (χ4n) is 1.61. The molecule has 20 heavy (non-hydrogen) atoms. The Kier molecular flexibility index (Phi) is 6.90. The molecule has 0 aromatic heterocycles. The molecule has 5 heteroatoms. The fourth-order valence-corrected chi connectivity index (χ4v) is 1.61. The maximum atomic E-state index is 9.73. The topological polar surface area (TPSA) is 87.7 Å². The van der Waals surface area contributed by atoms with Gasteiger partial charge < -0.3 is 26.0 Å². The highest BCUT2D eigenvalue weighted by atomic mass is 16.5. The molecule has 0 radical (unpaired) electrons. The van der Waals surface area contributed by atoms with Crippen molar-refractivity contribution < 1.29 is 14.9 Å². The Morgan fingerprint density at radius 3 is 2.55 bits per heavy atom. The predicted octanol–water partition coefficient (Wildman–Crippen LogP) is 1.32. The molecular weight excluding hydrogens is 256 g/mol. The fraction of sp³-hybridized carbons (Fsp3) is 0.467. The first-order chi connectivity index (χ1) is 9.51. The predicted molar refractivity (Wildman–Crippen MR) is 79.7 cm³/mol. The van der Waals surface area contributed by atoms with Gasteiger partial charge in [-0.05, 0) is 17.7 Å². The summed E-state index contributed by atoms with van der Waals surface area (Å²) in [7, 11) is 0. The molecule has 1 aromatic carbocycles. The Hall–Kier alpha value is -1.72. The molecule has 0 spiro atoms. The molecule has 112 valence electrons. The van der Waals surface area contributed by atoms with Crippen molar-refractivity contribution in [2.45, 2.75) is 32.4 Å². The number of benzene rings is 1. The summed E-state index contributed by atoms with van der Waals surface area (Å²) in [5, 5.41) is 21.6. The first-order valence-electron chi connectivity index (χ1n) is 6.73. The number of hydrogen-bond donors (Lipinski definition) is 4. The van der Waals surface area contributed by atoms with Crippen LogP contribution >= 0.6 is 0 Å². The van der Waals surface area contributed by atoms with Crippen LogP contribution in [-0.2, 0) is 6.42 Å². The van der Waals surface area contributed by atoms with E-state index in [1.165, 1.54) is 0 Å². The Bertz CT molecular complexity index is 416. The van der Waals surface area contributed by atoms with E-state index in [9.17, 15) is 5.11 Å². The molecule has 0 saturated heterocycles. The monoisotopic (exact) mass is 280 g/mol. The lowest BCUT2D eigenvalue weighted by molar-refractivity contribution is 0.104. The molecule has 1 atom stereocenters. The standard InChI is InChI=1S/C15H24N2O3/c1-11(2)17-8-14(19)10-20-15-5-3-12(4-6-15)7-13(16)9-18/h3-6,9,11,14,17-19H,7-8,10,16H2,1-2H3. The molecule has 0 saturated carbocycles. The first kappa shape index (κ1) is 16.3. The molecular formula is C15H24N2O3. The third-order valence-electron chi connectivity index (χ3n) is 2.70. The summed E-state index contributed by atoms with van der Waals surface area (Å²) in [5.41, 5.74) is 6.94. The number of aliphatic hydroxyl groups is 2. The minimum Gasteiger partial charge on any atom is -0.514 e. The van der Waals surface area contributed by atoms with Gasteiger partial charge in [0.2, 0.25) is 0 Å². The molecule has 1 rings (SSSR count). The average Bonchev–Trinajstić information content (AvgIpc) is 2.44. The molecule has 1 unspecified atom stereocenters. The summed E-state index contributed by atoms with van der Waals surface area (Å²) < 4.78 is 5.50. The van der Waals surface area contributed by atoms with E-state index in [1.54, 1.807) is 0 Å². The number of nitrogens with one attached hydrogen (secondary N) is 1. The maximum absolute atomic E-state index is 9.73. The molecule has 0 heterocycles. The van der Waals surface area contributed by atoms with Crippen LogP contribution in [0.2, 0.25) is 0 Å². The molecule has 1 aromatic rings. The van der Waals surface area contributed by atoms with Gasteiger partial charge in [0.15, 0.2) is 0 Å². The second kappa shape index (κ2) is 8.45. The summed E-state index contributed by atoms with van der Waals surface area (Å²) in [6, 6.07) is 7.74. The minimum absolute atomic E-state index is 0.248. The van der Waals surface area contributed by atoms with E-state index < -0.39 is 6.10 Å². The number of aliphatic hydroxyl groups excluding tert-OH is 2. The Morgan fingerprint density at radius 1 is 1.35 bits per heavy atom. The second-order valence-electron chi connectivity index (χ2n) is 5.05. The summed E-state index contributed by atoms with van der Waals surface area (Å²) >= 11 is 0. The van der Waals surface area contributed by atoms with Gasteiger partial charge in [0, 0.05) is 24.7 Å². The van der Waals surface area contributed by atoms with E-state index in [1.807, 2.05) is 38.1 Å². The molecule has 0 aliphatic rings. The van der Waals surface area contributed by atoms with Gasteiger partial charge in [-0.2, -0.15) is 0 Å². The normalized spacial score (nSPS) is 13.5. The van der Waals surface area contributed by atoms with Crippen molar-refractivity contribution in [1.29, 1.82) is 0 Å². The zero-order valence-corrected chi connectivity index (χ0v) is 12.0. The van der Waals surface area contributed by atoms with Gasteiger partial charge in [0.25, 0.3) is 0 Å². The average molecular weight is 280 g/mol. The SMILES string of the molecule is CC(C)NCC(O)COc1ccc(CC(N)=CO)cc1. The molecule has 5 nitrogen and oxygen atoms in total. The number of hydrogen-bond acceptors (Lipinski definition) is 5. The van der Waals surface area contributed by atoms with Gasteiger partial charge >= 0.3 is 0 Å². The highest BCUT2D eigenvalue weighted by Gasteiger charge is 2.06. The van der Waals surface area contributed by atoms with Crippen molar-refractivity contribution in [2.24, 2.45) is 5.73 Å². The molecule has 0 bridgehead atoms. The molecule has 0 aliphatic carbocycles. The first-order valence-corrected chi connectivity index (χ1v) is 6.73. The quantitative estimate of drug-likeness (QED) is 0.540. The number of ether oxygens (including phenoxy) is 1. The van der Waals surface area contributed by atoms with Gasteiger partial charge in [-0.3, -0.25) is 0 Å². The van der Waals surface area contributed by atoms with E-state index >= 15 is 0 Å². The van der Waals surface area contributed by atoms with Crippen LogP contribution < -0.4 is 15.8 Å². The maximum Gasteiger partial charge on any atom is 0.119 e. The minimum atomic E-state index is -0.537. The van der Waals surface area contributed by atoms with Gasteiger partial charge in [0.1, 0.15) is 18.5 Å². The van der Waals surface area contributed by atoms with Gasteiger partial charge in [0.05, 0.1) is 6.26 Å². The van der Waals surface area contributed by atoms with Crippen molar-refractivity contribution in [1.82, 2.24) is 5.32 Å². The molecule has 0 aliphatic heterocycles. The van der Waals surface area contributed by atoms with Crippen LogP contribution in [0.25, 0.3) is 0 Å². The smallest absolute Gasteiger partial charge is 0.119 e. The lowest BCUT2D eigenvalue weighted by Gasteiger charge is -2.15. The van der Waals surface area contributed by atoms with Gasteiger partial charge in [-0.15, -0.1) is 0 Å². The van der Waals surface area contributed by atoms with Crippen molar-refractivity contribution in [3.05, 3.63) is 41.8 Å². The summed E-state index contributed by atoms with van der Waals surface area (Å²) in [6.45, 7) is 4.81. The van der Waals surface area contributed by atoms with E-state index in [-0.39, 0.29) is 6.61 Å². The van der Waals surface area contributed by atoms with E-state index in [0.717, 1.165) is 11.8 Å². The van der Waals surface area contributed by atoms with Crippen LogP contribution in [0.15, 0.2) is 36.2 Å². The van der Waals surface area contributed by atoms with Crippen LogP contribution in [0.3, 0.4) is 0 Å². The Labute approximate surface area is 120 Å². The van der Waals surface area contributed by atoms with Crippen LogP contribution in [0.5, 0.6) is 5.75 Å². The molecule has 5 N–H and O–H groups in total. The highest BCUT2D eigenvalue weighted by Crippen LogP contribution is 2.14. The highest BCUT2D eigenvalue weighted by molar-refractivity contribution is 5.29. The second-order valence-corrected chi connectivity index (χ2v) is 5.05. The van der Waals surface area contributed by atoms with E-state index in [0.29, 0.717) is 30.5 Å². The van der Waals surface area contributed by atoms with Crippen molar-refractivity contribution >= 4 is 0 Å². The van der Waals surface area contributed by atoms with E-state index in [4.69, 9.17) is 15.6 Å². The van der Waals surface area contributed by atoms with Crippen LogP contribution in [0, 0.1) is 0 Å². The van der Waals surface area contributed by atoms with Crippen molar-refractivity contribution in [3.8, 4) is 5.75 Å². The summed E-state index contributed by atoms with van der Waals surface area (Å²) in [5.74, 6) is 0.698. The number of allylic oxidation sites excluding steroid dienone is 1. The lowest BCUT2D eigenvalue weighted by Crippen LogP contribution is -2.35. The van der Waals surface area contributed by atoms with Crippen LogP contribution in [0.1, 0.15) is 19.4 Å². The third kappa shape index (κ3) is 6.45. The third-order valence-corrected chi connectivity index (χ3v) is 2.70. The zero-order valence-electron chi connectivity index (χ0n) is 12.0. The summed E-state index contributed by atoms with van der Waals surface area (Å²) in [6.07, 6.45) is 0.866. The number of nitrogens with two attached hydrogens (primary N) is 1. The van der Waals surface area contributed by atoms with Crippen LogP contribution in [0.4, 0.5) is 0 Å². The van der Waals surface area contributed by atoms with Gasteiger partial charge in [-0.25, -0.2) is 0 Å².